The van der Waals surface area contributed by atoms with Crippen molar-refractivity contribution in [3.8, 4) is 5.88 Å². The molecule has 0 fully saturated rings. The lowest BCUT2D eigenvalue weighted by Gasteiger charge is -1.96. The number of nitrogens with one attached hydrogen (secondary N) is 2. The summed E-state index contributed by atoms with van der Waals surface area (Å²) in [6.07, 6.45) is 6.31. The van der Waals surface area contributed by atoms with Gasteiger partial charge in [-0.3, -0.25) is 19.8 Å². The zero-order valence-electron chi connectivity index (χ0n) is 7.52. The lowest BCUT2D eigenvalue weighted by molar-refractivity contribution is 0.447. The molecule has 3 N–H and O–H groups in total. The molecule has 0 spiro atoms. The Kier molecular flexibility index (Phi) is 2.09. The molecular formula is C9H7N3O3. The van der Waals surface area contributed by atoms with Crippen molar-refractivity contribution >= 4 is 12.3 Å². The van der Waals surface area contributed by atoms with E-state index in [0.29, 0.717) is 5.70 Å². The Morgan fingerprint density at radius 3 is 2.73 bits per heavy atom. The SMILES string of the molecule is O=c1[nH]c(O)c(C=C2C=CC=N2)c(=O)[nH]1. The molecule has 0 radical (unpaired) electrons. The van der Waals surface area contributed by atoms with E-state index >= 15 is 0 Å². The zero-order valence-corrected chi connectivity index (χ0v) is 7.52. The van der Waals surface area contributed by atoms with E-state index in [4.69, 9.17) is 0 Å². The Hall–Kier alpha value is -2.37. The first kappa shape index (κ1) is 9.20. The quantitative estimate of drug-likeness (QED) is 0.589. The first-order chi connectivity index (χ1) is 7.16. The number of aromatic amines is 2. The molecule has 0 saturated heterocycles. The predicted molar refractivity (Wildman–Crippen MR) is 55.0 cm³/mol. The monoisotopic (exact) mass is 205 g/mol. The molecule has 0 aliphatic carbocycles. The smallest absolute Gasteiger partial charge is 0.328 e. The van der Waals surface area contributed by atoms with Crippen molar-refractivity contribution in [1.82, 2.24) is 9.97 Å². The summed E-state index contributed by atoms with van der Waals surface area (Å²) in [5, 5.41) is 9.34. The van der Waals surface area contributed by atoms with Gasteiger partial charge in [-0.05, 0) is 18.2 Å². The maximum Gasteiger partial charge on any atom is 0.328 e. The minimum atomic E-state index is -0.745. The number of hydrogen-bond acceptors (Lipinski definition) is 4. The van der Waals surface area contributed by atoms with Gasteiger partial charge in [-0.25, -0.2) is 4.79 Å². The number of aliphatic imine (C=N–C) groups is 1. The maximum absolute atomic E-state index is 11.3. The third-order valence-electron chi connectivity index (χ3n) is 1.83. The number of hydrogen-bond donors (Lipinski definition) is 3. The number of nitrogens with zero attached hydrogens (tertiary/aromatic N) is 1. The van der Waals surface area contributed by atoms with E-state index in [2.05, 4.69) is 9.98 Å². The topological polar surface area (TPSA) is 98.3 Å². The number of allylic oxidation sites excluding steroid dienone is 2. The van der Waals surface area contributed by atoms with Crippen LogP contribution in [0.1, 0.15) is 5.56 Å². The van der Waals surface area contributed by atoms with Crippen LogP contribution in [0.3, 0.4) is 0 Å². The maximum atomic E-state index is 11.3. The van der Waals surface area contributed by atoms with E-state index in [1.54, 1.807) is 18.4 Å². The van der Waals surface area contributed by atoms with Gasteiger partial charge in [0.25, 0.3) is 5.56 Å². The van der Waals surface area contributed by atoms with Crippen LogP contribution in [-0.4, -0.2) is 21.3 Å². The Morgan fingerprint density at radius 2 is 2.13 bits per heavy atom. The molecule has 2 rings (SSSR count). The van der Waals surface area contributed by atoms with E-state index in [0.717, 1.165) is 0 Å². The van der Waals surface area contributed by atoms with E-state index in [-0.39, 0.29) is 5.56 Å². The van der Waals surface area contributed by atoms with Crippen molar-refractivity contribution in [3.05, 3.63) is 44.3 Å². The van der Waals surface area contributed by atoms with E-state index < -0.39 is 17.1 Å². The van der Waals surface area contributed by atoms with Gasteiger partial charge in [0.1, 0.15) is 5.56 Å². The van der Waals surface area contributed by atoms with E-state index in [9.17, 15) is 14.7 Å². The van der Waals surface area contributed by atoms with Crippen LogP contribution in [0.15, 0.2) is 32.4 Å². The molecule has 15 heavy (non-hydrogen) atoms. The molecule has 1 aromatic rings. The van der Waals surface area contributed by atoms with Crippen LogP contribution in [0.4, 0.5) is 0 Å². The van der Waals surface area contributed by atoms with Gasteiger partial charge < -0.3 is 5.11 Å². The first-order valence-electron chi connectivity index (χ1n) is 4.15. The lowest BCUT2D eigenvalue weighted by atomic mass is 10.2. The number of aromatic nitrogens is 2. The second kappa shape index (κ2) is 3.41. The fourth-order valence-electron chi connectivity index (χ4n) is 1.17. The van der Waals surface area contributed by atoms with Crippen LogP contribution in [0.2, 0.25) is 0 Å². The second-order valence-electron chi connectivity index (χ2n) is 2.88. The van der Waals surface area contributed by atoms with Gasteiger partial charge >= 0.3 is 5.69 Å². The summed E-state index contributed by atoms with van der Waals surface area (Å²) in [7, 11) is 0. The van der Waals surface area contributed by atoms with Gasteiger partial charge in [-0.1, -0.05) is 0 Å². The van der Waals surface area contributed by atoms with Crippen molar-refractivity contribution in [2.45, 2.75) is 0 Å². The molecule has 2 heterocycles. The Morgan fingerprint density at radius 1 is 1.33 bits per heavy atom. The summed E-state index contributed by atoms with van der Waals surface area (Å²) in [6, 6.07) is 0. The minimum Gasteiger partial charge on any atom is -0.494 e. The van der Waals surface area contributed by atoms with Gasteiger partial charge in [-0.15, -0.1) is 0 Å². The Balaban J connectivity index is 2.59. The Bertz CT molecular complexity index is 575. The molecule has 76 valence electrons. The van der Waals surface area contributed by atoms with Crippen LogP contribution >= 0.6 is 0 Å². The van der Waals surface area contributed by atoms with Crippen molar-refractivity contribution in [3.63, 3.8) is 0 Å². The highest BCUT2D eigenvalue weighted by atomic mass is 16.3. The fraction of sp³-hybridized carbons (Fsp3) is 0. The van der Waals surface area contributed by atoms with Gasteiger partial charge in [0, 0.05) is 6.21 Å². The van der Waals surface area contributed by atoms with Crippen molar-refractivity contribution in [2.24, 2.45) is 4.99 Å². The lowest BCUT2D eigenvalue weighted by Crippen LogP contribution is -2.23. The van der Waals surface area contributed by atoms with Gasteiger partial charge in [0.15, 0.2) is 0 Å². The van der Waals surface area contributed by atoms with Crippen LogP contribution in [-0.2, 0) is 0 Å². The molecule has 0 aromatic carbocycles. The zero-order chi connectivity index (χ0) is 10.8. The Labute approximate surface area is 83.3 Å². The van der Waals surface area contributed by atoms with E-state index in [1.165, 1.54) is 6.08 Å². The number of rotatable bonds is 1. The van der Waals surface area contributed by atoms with Crippen LogP contribution < -0.4 is 11.2 Å². The second-order valence-corrected chi connectivity index (χ2v) is 2.88. The molecule has 0 bridgehead atoms. The van der Waals surface area contributed by atoms with Gasteiger partial charge in [-0.2, -0.15) is 0 Å². The highest BCUT2D eigenvalue weighted by Gasteiger charge is 2.06. The average Bonchev–Trinajstić information content (AvgIpc) is 2.63. The molecule has 0 atom stereocenters. The molecule has 1 aliphatic heterocycles. The van der Waals surface area contributed by atoms with Crippen LogP contribution in [0, 0.1) is 0 Å². The van der Waals surface area contributed by atoms with E-state index in [1.807, 2.05) is 4.98 Å². The van der Waals surface area contributed by atoms with Crippen molar-refractivity contribution in [1.29, 1.82) is 0 Å². The molecule has 1 aromatic heterocycles. The van der Waals surface area contributed by atoms with Gasteiger partial charge in [0.05, 0.1) is 5.70 Å². The highest BCUT2D eigenvalue weighted by Crippen LogP contribution is 2.13. The first-order valence-corrected chi connectivity index (χ1v) is 4.15. The number of aromatic hydroxyl groups is 1. The third-order valence-corrected chi connectivity index (χ3v) is 1.83. The largest absolute Gasteiger partial charge is 0.494 e. The normalized spacial score (nSPS) is 16.4. The molecular weight excluding hydrogens is 198 g/mol. The summed E-state index contributed by atoms with van der Waals surface area (Å²) in [6.45, 7) is 0. The summed E-state index contributed by atoms with van der Waals surface area (Å²) < 4.78 is 0. The average molecular weight is 205 g/mol. The summed E-state index contributed by atoms with van der Waals surface area (Å²) in [5.41, 5.74) is -0.888. The van der Waals surface area contributed by atoms with Crippen LogP contribution in [0.5, 0.6) is 5.88 Å². The summed E-state index contributed by atoms with van der Waals surface area (Å²) in [4.78, 5) is 30.0. The highest BCUT2D eigenvalue weighted by molar-refractivity contribution is 5.79. The van der Waals surface area contributed by atoms with Gasteiger partial charge in [0.2, 0.25) is 5.88 Å². The molecule has 6 nitrogen and oxygen atoms in total. The molecule has 0 saturated carbocycles. The van der Waals surface area contributed by atoms with Crippen molar-refractivity contribution < 1.29 is 5.11 Å². The third kappa shape index (κ3) is 1.78. The molecule has 0 amide bonds. The molecule has 6 heteroatoms. The number of H-pyrrole nitrogens is 2. The summed E-state index contributed by atoms with van der Waals surface area (Å²) >= 11 is 0. The predicted octanol–water partition coefficient (Wildman–Crippen LogP) is -0.250. The van der Waals surface area contributed by atoms with Crippen LogP contribution in [0.25, 0.3) is 6.08 Å². The summed E-state index contributed by atoms with van der Waals surface area (Å²) in [5.74, 6) is -0.466. The standard InChI is InChI=1S/C9H7N3O3/c13-7-6(4-5-2-1-3-10-5)8(14)12-9(15)11-7/h1-4H,(H3,11,12,13,14,15). The minimum absolute atomic E-state index is 0.0201. The van der Waals surface area contributed by atoms with Crippen molar-refractivity contribution in [2.75, 3.05) is 0 Å². The molecule has 1 aliphatic rings. The fourth-order valence-corrected chi connectivity index (χ4v) is 1.17. The molecule has 0 unspecified atom stereocenters.